The smallest absolute Gasteiger partial charge is 0.129 e. The average Bonchev–Trinajstić information content (AvgIpc) is 2.41. The lowest BCUT2D eigenvalue weighted by atomic mass is 10.1. The molecule has 0 aliphatic heterocycles. The Kier molecular flexibility index (Phi) is 4.33. The van der Waals surface area contributed by atoms with Crippen molar-refractivity contribution in [2.24, 2.45) is 0 Å². The maximum absolute atomic E-state index is 12.8. The van der Waals surface area contributed by atoms with E-state index in [2.05, 4.69) is 5.32 Å². The molecule has 112 valence electrons. The zero-order valence-corrected chi connectivity index (χ0v) is 12.1. The molecule has 0 aliphatic rings. The fourth-order valence-electron chi connectivity index (χ4n) is 1.70. The number of nitrogens with two attached hydrogens (primary N) is 1. The van der Waals surface area contributed by atoms with Crippen LogP contribution in [0.3, 0.4) is 0 Å². The Morgan fingerprint density at radius 3 is 2.38 bits per heavy atom. The van der Waals surface area contributed by atoms with Crippen LogP contribution in [0.15, 0.2) is 42.5 Å². The lowest BCUT2D eigenvalue weighted by Gasteiger charge is -2.20. The monoisotopic (exact) mass is 290 g/mol. The summed E-state index contributed by atoms with van der Waals surface area (Å²) in [7, 11) is 0. The van der Waals surface area contributed by atoms with Gasteiger partial charge in [-0.15, -0.1) is 0 Å². The van der Waals surface area contributed by atoms with E-state index in [0.717, 1.165) is 0 Å². The average molecular weight is 290 g/mol. The SMILES string of the molecule is CC(C)(O)CNc1cc(Oc2ccc(F)cc2)ccc1N. The van der Waals surface area contributed by atoms with Crippen LogP contribution >= 0.6 is 0 Å². The van der Waals surface area contributed by atoms with Gasteiger partial charge in [-0.3, -0.25) is 0 Å². The summed E-state index contributed by atoms with van der Waals surface area (Å²) >= 11 is 0. The molecule has 0 radical (unpaired) electrons. The first kappa shape index (κ1) is 15.1. The molecule has 5 heteroatoms. The van der Waals surface area contributed by atoms with Crippen LogP contribution in [-0.4, -0.2) is 17.3 Å². The molecule has 2 aromatic carbocycles. The molecule has 0 unspecified atom stereocenters. The second kappa shape index (κ2) is 6.01. The zero-order chi connectivity index (χ0) is 15.5. The Hall–Kier alpha value is -2.27. The highest BCUT2D eigenvalue weighted by Crippen LogP contribution is 2.28. The van der Waals surface area contributed by atoms with Crippen molar-refractivity contribution < 1.29 is 14.2 Å². The molecule has 0 aromatic heterocycles. The number of nitrogen functional groups attached to an aromatic ring is 1. The summed E-state index contributed by atoms with van der Waals surface area (Å²) in [6.07, 6.45) is 0. The molecule has 0 spiro atoms. The highest BCUT2D eigenvalue weighted by atomic mass is 19.1. The topological polar surface area (TPSA) is 67.5 Å². The molecule has 2 rings (SSSR count). The molecule has 21 heavy (non-hydrogen) atoms. The van der Waals surface area contributed by atoms with Gasteiger partial charge in [0, 0.05) is 12.6 Å². The number of rotatable bonds is 5. The van der Waals surface area contributed by atoms with E-state index in [-0.39, 0.29) is 5.82 Å². The number of nitrogens with one attached hydrogen (secondary N) is 1. The number of hydrogen-bond acceptors (Lipinski definition) is 4. The van der Waals surface area contributed by atoms with Gasteiger partial charge in [-0.1, -0.05) is 0 Å². The molecule has 0 amide bonds. The van der Waals surface area contributed by atoms with Gasteiger partial charge in [0.25, 0.3) is 0 Å². The van der Waals surface area contributed by atoms with Crippen molar-refractivity contribution in [3.8, 4) is 11.5 Å². The fraction of sp³-hybridized carbons (Fsp3) is 0.250. The van der Waals surface area contributed by atoms with Crippen molar-refractivity contribution in [3.05, 3.63) is 48.3 Å². The Morgan fingerprint density at radius 1 is 1.14 bits per heavy atom. The molecule has 4 nitrogen and oxygen atoms in total. The summed E-state index contributed by atoms with van der Waals surface area (Å²) in [4.78, 5) is 0. The molecule has 0 atom stereocenters. The van der Waals surface area contributed by atoms with Gasteiger partial charge in [-0.25, -0.2) is 4.39 Å². The highest BCUT2D eigenvalue weighted by molar-refractivity contribution is 5.68. The molecule has 0 heterocycles. The summed E-state index contributed by atoms with van der Waals surface area (Å²) in [6, 6.07) is 11.0. The van der Waals surface area contributed by atoms with Gasteiger partial charge in [0.05, 0.1) is 17.0 Å². The van der Waals surface area contributed by atoms with Crippen LogP contribution in [0.5, 0.6) is 11.5 Å². The lowest BCUT2D eigenvalue weighted by molar-refractivity contribution is 0.0945. The lowest BCUT2D eigenvalue weighted by Crippen LogP contribution is -2.29. The number of hydrogen-bond donors (Lipinski definition) is 3. The normalized spacial score (nSPS) is 11.2. The first-order valence-corrected chi connectivity index (χ1v) is 6.63. The third-order valence-electron chi connectivity index (χ3n) is 2.79. The van der Waals surface area contributed by atoms with Crippen LogP contribution in [0.25, 0.3) is 0 Å². The predicted molar refractivity (Wildman–Crippen MR) is 82.1 cm³/mol. The van der Waals surface area contributed by atoms with Crippen molar-refractivity contribution >= 4 is 11.4 Å². The third-order valence-corrected chi connectivity index (χ3v) is 2.79. The van der Waals surface area contributed by atoms with Crippen LogP contribution in [0, 0.1) is 5.82 Å². The molecule has 0 aliphatic carbocycles. The minimum absolute atomic E-state index is 0.313. The maximum atomic E-state index is 12.8. The molecule has 0 saturated heterocycles. The van der Waals surface area contributed by atoms with Crippen LogP contribution in [0.4, 0.5) is 15.8 Å². The Morgan fingerprint density at radius 2 is 1.76 bits per heavy atom. The van der Waals surface area contributed by atoms with Crippen LogP contribution in [0.2, 0.25) is 0 Å². The molecule has 4 N–H and O–H groups in total. The second-order valence-electron chi connectivity index (χ2n) is 5.47. The second-order valence-corrected chi connectivity index (χ2v) is 5.47. The van der Waals surface area contributed by atoms with E-state index in [1.807, 2.05) is 0 Å². The summed E-state index contributed by atoms with van der Waals surface area (Å²) in [6.45, 7) is 3.77. The van der Waals surface area contributed by atoms with Crippen molar-refractivity contribution in [1.82, 2.24) is 0 Å². The summed E-state index contributed by atoms with van der Waals surface area (Å²) in [5, 5.41) is 12.8. The van der Waals surface area contributed by atoms with E-state index >= 15 is 0 Å². The Bertz CT molecular complexity index is 607. The first-order valence-electron chi connectivity index (χ1n) is 6.63. The van der Waals surface area contributed by atoms with Crippen molar-refractivity contribution in [2.45, 2.75) is 19.4 Å². The van der Waals surface area contributed by atoms with Crippen molar-refractivity contribution in [3.63, 3.8) is 0 Å². The minimum Gasteiger partial charge on any atom is -0.457 e. The van der Waals surface area contributed by atoms with Gasteiger partial charge < -0.3 is 20.9 Å². The van der Waals surface area contributed by atoms with E-state index in [4.69, 9.17) is 10.5 Å². The number of halogens is 1. The van der Waals surface area contributed by atoms with Gasteiger partial charge in [0.2, 0.25) is 0 Å². The molecule has 0 bridgehead atoms. The number of ether oxygens (including phenoxy) is 1. The third kappa shape index (κ3) is 4.65. The Labute approximate surface area is 123 Å². The number of aliphatic hydroxyl groups is 1. The first-order chi connectivity index (χ1) is 9.83. The molecular weight excluding hydrogens is 271 g/mol. The number of benzene rings is 2. The van der Waals surface area contributed by atoms with E-state index in [1.54, 1.807) is 44.2 Å². The van der Waals surface area contributed by atoms with E-state index < -0.39 is 5.60 Å². The summed E-state index contributed by atoms with van der Waals surface area (Å²) < 4.78 is 18.5. The number of anilines is 2. The van der Waals surface area contributed by atoms with Crippen molar-refractivity contribution in [1.29, 1.82) is 0 Å². The van der Waals surface area contributed by atoms with Gasteiger partial charge in [0.15, 0.2) is 0 Å². The fourth-order valence-corrected chi connectivity index (χ4v) is 1.70. The zero-order valence-electron chi connectivity index (χ0n) is 12.1. The van der Waals surface area contributed by atoms with E-state index in [0.29, 0.717) is 29.4 Å². The van der Waals surface area contributed by atoms with Gasteiger partial charge in [-0.2, -0.15) is 0 Å². The van der Waals surface area contributed by atoms with Gasteiger partial charge in [-0.05, 0) is 50.2 Å². The highest BCUT2D eigenvalue weighted by Gasteiger charge is 2.13. The van der Waals surface area contributed by atoms with Crippen LogP contribution in [0.1, 0.15) is 13.8 Å². The van der Waals surface area contributed by atoms with Gasteiger partial charge in [0.1, 0.15) is 17.3 Å². The molecular formula is C16H19FN2O2. The minimum atomic E-state index is -0.847. The summed E-state index contributed by atoms with van der Waals surface area (Å²) in [5.41, 5.74) is 6.27. The van der Waals surface area contributed by atoms with Crippen LogP contribution < -0.4 is 15.8 Å². The molecule has 2 aromatic rings. The standard InChI is InChI=1S/C16H19FN2O2/c1-16(2,20)10-19-15-9-13(7-8-14(15)18)21-12-5-3-11(17)4-6-12/h3-9,19-20H,10,18H2,1-2H3. The van der Waals surface area contributed by atoms with E-state index in [9.17, 15) is 9.50 Å². The summed E-state index contributed by atoms with van der Waals surface area (Å²) in [5.74, 6) is 0.802. The maximum Gasteiger partial charge on any atom is 0.129 e. The van der Waals surface area contributed by atoms with E-state index in [1.165, 1.54) is 12.1 Å². The predicted octanol–water partition coefficient (Wildman–Crippen LogP) is 3.38. The largest absolute Gasteiger partial charge is 0.457 e. The van der Waals surface area contributed by atoms with Crippen molar-refractivity contribution in [2.75, 3.05) is 17.6 Å². The molecule has 0 fully saturated rings. The van der Waals surface area contributed by atoms with Gasteiger partial charge >= 0.3 is 0 Å². The Balaban J connectivity index is 2.12. The molecule has 0 saturated carbocycles. The quantitative estimate of drug-likeness (QED) is 0.738. The van der Waals surface area contributed by atoms with Crippen LogP contribution in [-0.2, 0) is 0 Å².